The van der Waals surface area contributed by atoms with Crippen LogP contribution in [0, 0.1) is 17.6 Å². The summed E-state index contributed by atoms with van der Waals surface area (Å²) in [5.74, 6) is -0.136. The van der Waals surface area contributed by atoms with Crippen LogP contribution in [0.4, 0.5) is 8.78 Å². The molecule has 1 aromatic carbocycles. The molecule has 2 rings (SSSR count). The molecule has 1 saturated carbocycles. The second kappa shape index (κ2) is 6.44. The van der Waals surface area contributed by atoms with E-state index in [0.717, 1.165) is 24.6 Å². The first-order valence-corrected chi connectivity index (χ1v) is 6.95. The highest BCUT2D eigenvalue weighted by molar-refractivity contribution is 5.22. The third-order valence-electron chi connectivity index (χ3n) is 3.91. The van der Waals surface area contributed by atoms with E-state index in [4.69, 9.17) is 5.73 Å². The zero-order chi connectivity index (χ0) is 13.8. The van der Waals surface area contributed by atoms with Crippen molar-refractivity contribution in [3.05, 3.63) is 35.4 Å². The van der Waals surface area contributed by atoms with Crippen molar-refractivity contribution in [3.8, 4) is 0 Å². The summed E-state index contributed by atoms with van der Waals surface area (Å²) >= 11 is 0. The number of hydrogen-bond acceptors (Lipinski definition) is 2. The van der Waals surface area contributed by atoms with E-state index in [-0.39, 0.29) is 5.56 Å². The Hall–Kier alpha value is -1.00. The van der Waals surface area contributed by atoms with Gasteiger partial charge in [0.1, 0.15) is 11.6 Å². The maximum Gasteiger partial charge on any atom is 0.128 e. The largest absolute Gasteiger partial charge is 0.323 e. The minimum Gasteiger partial charge on any atom is -0.323 e. The normalized spacial score (nSPS) is 18.2. The maximum atomic E-state index is 13.6. The molecule has 1 atom stereocenters. The Morgan fingerprint density at radius 2 is 2.00 bits per heavy atom. The first kappa shape index (κ1) is 14.4. The monoisotopic (exact) mass is 268 g/mol. The molecule has 0 saturated heterocycles. The fraction of sp³-hybridized carbons (Fsp3) is 0.600. The van der Waals surface area contributed by atoms with Crippen LogP contribution in [0.2, 0.25) is 0 Å². The van der Waals surface area contributed by atoms with Crippen LogP contribution in [0.1, 0.15) is 37.3 Å². The SMILES string of the molecule is CN(CC1CCCC1)CC(N)c1cc(F)ccc1F. The van der Waals surface area contributed by atoms with Crippen molar-refractivity contribution >= 4 is 0 Å². The van der Waals surface area contributed by atoms with E-state index in [0.29, 0.717) is 6.54 Å². The van der Waals surface area contributed by atoms with Gasteiger partial charge in [0.15, 0.2) is 0 Å². The lowest BCUT2D eigenvalue weighted by Gasteiger charge is -2.24. The van der Waals surface area contributed by atoms with Crippen molar-refractivity contribution in [3.63, 3.8) is 0 Å². The molecule has 1 unspecified atom stereocenters. The second-order valence-corrected chi connectivity index (χ2v) is 5.64. The Morgan fingerprint density at radius 3 is 2.68 bits per heavy atom. The highest BCUT2D eigenvalue weighted by atomic mass is 19.1. The van der Waals surface area contributed by atoms with Crippen LogP contribution in [-0.4, -0.2) is 25.0 Å². The molecule has 19 heavy (non-hydrogen) atoms. The summed E-state index contributed by atoms with van der Waals surface area (Å²) in [5, 5.41) is 0. The number of nitrogens with two attached hydrogens (primary N) is 1. The van der Waals surface area contributed by atoms with Crippen LogP contribution >= 0.6 is 0 Å². The average Bonchev–Trinajstić information content (AvgIpc) is 2.84. The molecule has 1 aliphatic carbocycles. The van der Waals surface area contributed by atoms with Crippen molar-refractivity contribution in [1.82, 2.24) is 4.90 Å². The molecule has 2 nitrogen and oxygen atoms in total. The van der Waals surface area contributed by atoms with Gasteiger partial charge in [0, 0.05) is 24.7 Å². The van der Waals surface area contributed by atoms with Crippen LogP contribution in [0.25, 0.3) is 0 Å². The molecule has 0 spiro atoms. The summed E-state index contributed by atoms with van der Waals surface area (Å²) in [4.78, 5) is 2.13. The molecule has 0 aliphatic heterocycles. The molecular formula is C15H22F2N2. The van der Waals surface area contributed by atoms with Crippen molar-refractivity contribution < 1.29 is 8.78 Å². The highest BCUT2D eigenvalue weighted by Gasteiger charge is 2.19. The van der Waals surface area contributed by atoms with Crippen LogP contribution in [-0.2, 0) is 0 Å². The predicted molar refractivity (Wildman–Crippen MR) is 72.7 cm³/mol. The molecule has 1 aromatic rings. The van der Waals surface area contributed by atoms with Crippen LogP contribution in [0.3, 0.4) is 0 Å². The summed E-state index contributed by atoms with van der Waals surface area (Å²) in [6.07, 6.45) is 5.16. The molecule has 1 aliphatic rings. The second-order valence-electron chi connectivity index (χ2n) is 5.64. The fourth-order valence-electron chi connectivity index (χ4n) is 2.94. The van der Waals surface area contributed by atoms with Crippen molar-refractivity contribution in [2.45, 2.75) is 31.7 Å². The third kappa shape index (κ3) is 3.98. The fourth-order valence-corrected chi connectivity index (χ4v) is 2.94. The van der Waals surface area contributed by atoms with Gasteiger partial charge >= 0.3 is 0 Å². The molecule has 2 N–H and O–H groups in total. The maximum absolute atomic E-state index is 13.6. The summed E-state index contributed by atoms with van der Waals surface area (Å²) in [6, 6.07) is 2.97. The lowest BCUT2D eigenvalue weighted by atomic mass is 10.0. The molecule has 1 fully saturated rings. The smallest absolute Gasteiger partial charge is 0.128 e. The first-order chi connectivity index (χ1) is 9.06. The number of halogens is 2. The minimum absolute atomic E-state index is 0.262. The van der Waals surface area contributed by atoms with E-state index >= 15 is 0 Å². The first-order valence-electron chi connectivity index (χ1n) is 6.95. The summed E-state index contributed by atoms with van der Waals surface area (Å²) in [7, 11) is 2.00. The van der Waals surface area contributed by atoms with E-state index in [9.17, 15) is 8.78 Å². The van der Waals surface area contributed by atoms with Gasteiger partial charge in [0.25, 0.3) is 0 Å². The molecule has 106 valence electrons. The molecule has 0 amide bonds. The van der Waals surface area contributed by atoms with Gasteiger partial charge in [-0.2, -0.15) is 0 Å². The van der Waals surface area contributed by atoms with Gasteiger partial charge in [-0.25, -0.2) is 8.78 Å². The topological polar surface area (TPSA) is 29.3 Å². The van der Waals surface area contributed by atoms with E-state index in [1.54, 1.807) is 0 Å². The van der Waals surface area contributed by atoms with Crippen LogP contribution in [0.15, 0.2) is 18.2 Å². The number of hydrogen-bond donors (Lipinski definition) is 1. The molecular weight excluding hydrogens is 246 g/mol. The van der Waals surface area contributed by atoms with Crippen LogP contribution in [0.5, 0.6) is 0 Å². The Balaban J connectivity index is 1.91. The van der Waals surface area contributed by atoms with E-state index in [1.165, 1.54) is 31.7 Å². The summed E-state index contributed by atoms with van der Waals surface area (Å²) in [6.45, 7) is 1.54. The van der Waals surface area contributed by atoms with Crippen molar-refractivity contribution in [1.29, 1.82) is 0 Å². The van der Waals surface area contributed by atoms with Gasteiger partial charge < -0.3 is 10.6 Å². The van der Waals surface area contributed by atoms with E-state index < -0.39 is 17.7 Å². The molecule has 0 radical (unpaired) electrons. The predicted octanol–water partition coefficient (Wildman–Crippen LogP) is 3.09. The van der Waals surface area contributed by atoms with Crippen molar-refractivity contribution in [2.24, 2.45) is 11.7 Å². The van der Waals surface area contributed by atoms with Gasteiger partial charge in [0.05, 0.1) is 0 Å². The van der Waals surface area contributed by atoms with Crippen molar-refractivity contribution in [2.75, 3.05) is 20.1 Å². The molecule has 0 aromatic heterocycles. The zero-order valence-corrected chi connectivity index (χ0v) is 11.4. The third-order valence-corrected chi connectivity index (χ3v) is 3.91. The quantitative estimate of drug-likeness (QED) is 0.889. The average molecular weight is 268 g/mol. The molecule has 0 heterocycles. The van der Waals surface area contributed by atoms with Gasteiger partial charge in [-0.3, -0.25) is 0 Å². The molecule has 0 bridgehead atoms. The Labute approximate surface area is 113 Å². The Kier molecular flexibility index (Phi) is 4.88. The Morgan fingerprint density at radius 1 is 1.32 bits per heavy atom. The summed E-state index contributed by atoms with van der Waals surface area (Å²) < 4.78 is 26.7. The standard InChI is InChI=1S/C15H22F2N2/c1-19(9-11-4-2-3-5-11)10-15(18)13-8-12(16)6-7-14(13)17/h6-8,11,15H,2-5,9-10,18H2,1H3. The Bertz CT molecular complexity index is 417. The van der Waals surface area contributed by atoms with Gasteiger partial charge in [-0.1, -0.05) is 12.8 Å². The van der Waals surface area contributed by atoms with Gasteiger partial charge in [0.2, 0.25) is 0 Å². The lowest BCUT2D eigenvalue weighted by Crippen LogP contribution is -2.32. The van der Waals surface area contributed by atoms with Crippen LogP contribution < -0.4 is 5.73 Å². The number of rotatable bonds is 5. The van der Waals surface area contributed by atoms with Gasteiger partial charge in [-0.15, -0.1) is 0 Å². The molecule has 4 heteroatoms. The van der Waals surface area contributed by atoms with E-state index in [1.807, 2.05) is 7.05 Å². The number of benzene rings is 1. The lowest BCUT2D eigenvalue weighted by molar-refractivity contribution is 0.262. The highest BCUT2D eigenvalue weighted by Crippen LogP contribution is 2.26. The van der Waals surface area contributed by atoms with Gasteiger partial charge in [-0.05, 0) is 44.0 Å². The zero-order valence-electron chi connectivity index (χ0n) is 11.4. The number of likely N-dealkylation sites (N-methyl/N-ethyl adjacent to an activating group) is 1. The summed E-state index contributed by atoms with van der Waals surface area (Å²) in [5.41, 5.74) is 6.25. The number of nitrogens with zero attached hydrogens (tertiary/aromatic N) is 1. The van der Waals surface area contributed by atoms with E-state index in [2.05, 4.69) is 4.90 Å². The minimum atomic E-state index is -0.484.